The van der Waals surface area contributed by atoms with Crippen molar-refractivity contribution < 1.29 is 26.7 Å². The van der Waals surface area contributed by atoms with Gasteiger partial charge >= 0.3 is 6.61 Å². The third-order valence-electron chi connectivity index (χ3n) is 3.94. The molecule has 2 N–H and O–H groups in total. The fraction of sp³-hybridized carbons (Fsp3) is 0.588. The SMILES string of the molecule is CCS(=O)(=O)N(C)CCCNC(=NC)NCc1cc(OC)ccc1OC(F)F.I. The maximum atomic E-state index is 12.6. The van der Waals surface area contributed by atoms with Crippen LogP contribution in [0.5, 0.6) is 11.5 Å². The molecule has 0 atom stereocenters. The Hall–Kier alpha value is -1.41. The van der Waals surface area contributed by atoms with Crippen molar-refractivity contribution in [1.29, 1.82) is 0 Å². The summed E-state index contributed by atoms with van der Waals surface area (Å²) >= 11 is 0. The Kier molecular flexibility index (Phi) is 13.1. The van der Waals surface area contributed by atoms with Crippen LogP contribution in [0.3, 0.4) is 0 Å². The number of benzene rings is 1. The largest absolute Gasteiger partial charge is 0.497 e. The monoisotopic (exact) mass is 550 g/mol. The highest BCUT2D eigenvalue weighted by atomic mass is 127. The van der Waals surface area contributed by atoms with Gasteiger partial charge in [-0.05, 0) is 31.5 Å². The summed E-state index contributed by atoms with van der Waals surface area (Å²) in [6.07, 6.45) is 0.579. The molecule has 0 saturated heterocycles. The van der Waals surface area contributed by atoms with Crippen molar-refractivity contribution in [2.24, 2.45) is 4.99 Å². The molecule has 1 aromatic carbocycles. The number of alkyl halides is 2. The number of rotatable bonds is 11. The Balaban J connectivity index is 0.00000784. The number of nitrogens with one attached hydrogen (secondary N) is 2. The van der Waals surface area contributed by atoms with Gasteiger partial charge in [0.2, 0.25) is 10.0 Å². The molecule has 0 unspecified atom stereocenters. The zero-order valence-corrected chi connectivity index (χ0v) is 20.1. The lowest BCUT2D eigenvalue weighted by Crippen LogP contribution is -2.38. The molecule has 8 nitrogen and oxygen atoms in total. The molecule has 1 rings (SSSR count). The van der Waals surface area contributed by atoms with Gasteiger partial charge < -0.3 is 20.1 Å². The van der Waals surface area contributed by atoms with Gasteiger partial charge in [-0.25, -0.2) is 12.7 Å². The van der Waals surface area contributed by atoms with Crippen LogP contribution < -0.4 is 20.1 Å². The molecule has 0 amide bonds. The van der Waals surface area contributed by atoms with E-state index in [4.69, 9.17) is 4.74 Å². The number of sulfonamides is 1. The Labute approximate surface area is 188 Å². The summed E-state index contributed by atoms with van der Waals surface area (Å²) in [5.74, 6) is 1.07. The molecule has 0 aliphatic rings. The first-order valence-corrected chi connectivity index (χ1v) is 10.3. The lowest BCUT2D eigenvalue weighted by Gasteiger charge is -2.17. The van der Waals surface area contributed by atoms with Crippen molar-refractivity contribution in [2.75, 3.05) is 40.0 Å². The number of hydrogen-bond donors (Lipinski definition) is 2. The Bertz CT molecular complexity index is 751. The fourth-order valence-corrected chi connectivity index (χ4v) is 3.15. The summed E-state index contributed by atoms with van der Waals surface area (Å²) in [5, 5.41) is 6.06. The van der Waals surface area contributed by atoms with E-state index in [0.29, 0.717) is 36.8 Å². The molecule has 0 radical (unpaired) electrons. The van der Waals surface area contributed by atoms with E-state index in [2.05, 4.69) is 20.4 Å². The maximum absolute atomic E-state index is 12.6. The van der Waals surface area contributed by atoms with E-state index in [1.807, 2.05) is 0 Å². The molecule has 168 valence electrons. The van der Waals surface area contributed by atoms with E-state index < -0.39 is 16.6 Å². The molecule has 0 aromatic heterocycles. The molecular weight excluding hydrogens is 521 g/mol. The number of hydrogen-bond acceptors (Lipinski definition) is 5. The van der Waals surface area contributed by atoms with Gasteiger partial charge in [-0.3, -0.25) is 4.99 Å². The molecular formula is C17H29F2IN4O4S. The number of guanidine groups is 1. The first-order valence-electron chi connectivity index (χ1n) is 8.73. The second-order valence-corrected chi connectivity index (χ2v) is 8.14. The highest BCUT2D eigenvalue weighted by molar-refractivity contribution is 14.0. The average Bonchev–Trinajstić information content (AvgIpc) is 2.67. The van der Waals surface area contributed by atoms with E-state index in [1.54, 1.807) is 27.1 Å². The molecule has 0 saturated carbocycles. The smallest absolute Gasteiger partial charge is 0.387 e. The van der Waals surface area contributed by atoms with Crippen LogP contribution in [-0.4, -0.2) is 65.3 Å². The van der Waals surface area contributed by atoms with E-state index in [9.17, 15) is 17.2 Å². The second kappa shape index (κ2) is 13.7. The molecule has 1 aromatic rings. The molecule has 0 aliphatic carbocycles. The number of methoxy groups -OCH3 is 1. The summed E-state index contributed by atoms with van der Waals surface area (Å²) in [6.45, 7) is -0.283. The van der Waals surface area contributed by atoms with Crippen LogP contribution in [0.1, 0.15) is 18.9 Å². The van der Waals surface area contributed by atoms with Gasteiger partial charge in [-0.1, -0.05) is 0 Å². The average molecular weight is 550 g/mol. The number of ether oxygens (including phenoxy) is 2. The third kappa shape index (κ3) is 9.76. The fourth-order valence-electron chi connectivity index (χ4n) is 2.30. The topological polar surface area (TPSA) is 92.3 Å². The number of nitrogens with zero attached hydrogens (tertiary/aromatic N) is 2. The van der Waals surface area contributed by atoms with E-state index in [0.717, 1.165) is 0 Å². The summed E-state index contributed by atoms with van der Waals surface area (Å²) in [6, 6.07) is 4.56. The lowest BCUT2D eigenvalue weighted by atomic mass is 10.2. The van der Waals surface area contributed by atoms with Gasteiger partial charge in [0, 0.05) is 39.3 Å². The molecule has 12 heteroatoms. The van der Waals surface area contributed by atoms with Crippen molar-refractivity contribution in [3.8, 4) is 11.5 Å². The lowest BCUT2D eigenvalue weighted by molar-refractivity contribution is -0.0505. The van der Waals surface area contributed by atoms with Crippen molar-refractivity contribution in [2.45, 2.75) is 26.5 Å². The quantitative estimate of drug-likeness (QED) is 0.190. The van der Waals surface area contributed by atoms with Gasteiger partial charge in [-0.2, -0.15) is 8.78 Å². The van der Waals surface area contributed by atoms with Gasteiger partial charge in [0.25, 0.3) is 0 Å². The van der Waals surface area contributed by atoms with Crippen LogP contribution in [0.25, 0.3) is 0 Å². The second-order valence-electron chi connectivity index (χ2n) is 5.78. The van der Waals surface area contributed by atoms with Crippen LogP contribution in [-0.2, 0) is 16.6 Å². The van der Waals surface area contributed by atoms with Crippen LogP contribution in [0.15, 0.2) is 23.2 Å². The van der Waals surface area contributed by atoms with Gasteiger partial charge in [0.05, 0.1) is 12.9 Å². The van der Waals surface area contributed by atoms with Crippen LogP contribution in [0, 0.1) is 0 Å². The minimum Gasteiger partial charge on any atom is -0.497 e. The third-order valence-corrected chi connectivity index (χ3v) is 5.80. The molecule has 0 aliphatic heterocycles. The van der Waals surface area contributed by atoms with Crippen molar-refractivity contribution in [3.05, 3.63) is 23.8 Å². The van der Waals surface area contributed by atoms with Gasteiger partial charge in [0.1, 0.15) is 11.5 Å². The Morgan fingerprint density at radius 3 is 2.55 bits per heavy atom. The van der Waals surface area contributed by atoms with Crippen LogP contribution in [0.2, 0.25) is 0 Å². The predicted octanol–water partition coefficient (Wildman–Crippen LogP) is 2.25. The van der Waals surface area contributed by atoms with E-state index in [1.165, 1.54) is 23.5 Å². The zero-order valence-electron chi connectivity index (χ0n) is 16.9. The molecule has 0 heterocycles. The minimum atomic E-state index is -3.20. The van der Waals surface area contributed by atoms with Crippen molar-refractivity contribution >= 4 is 40.0 Å². The molecule has 29 heavy (non-hydrogen) atoms. The van der Waals surface area contributed by atoms with E-state index >= 15 is 0 Å². The highest BCUT2D eigenvalue weighted by Gasteiger charge is 2.14. The first kappa shape index (κ1) is 27.6. The van der Waals surface area contributed by atoms with Crippen molar-refractivity contribution in [3.63, 3.8) is 0 Å². The summed E-state index contributed by atoms with van der Waals surface area (Å²) in [5.41, 5.74) is 0.483. The molecule has 0 fully saturated rings. The van der Waals surface area contributed by atoms with Crippen LogP contribution in [0.4, 0.5) is 8.78 Å². The number of aliphatic imine (C=N–C) groups is 1. The Morgan fingerprint density at radius 2 is 2.00 bits per heavy atom. The van der Waals surface area contributed by atoms with Gasteiger partial charge in [-0.15, -0.1) is 24.0 Å². The maximum Gasteiger partial charge on any atom is 0.387 e. The predicted molar refractivity (Wildman–Crippen MR) is 120 cm³/mol. The first-order chi connectivity index (χ1) is 13.2. The van der Waals surface area contributed by atoms with Crippen molar-refractivity contribution in [1.82, 2.24) is 14.9 Å². The number of halogens is 3. The summed E-state index contributed by atoms with van der Waals surface area (Å²) < 4.78 is 59.5. The zero-order chi connectivity index (χ0) is 21.2. The van der Waals surface area contributed by atoms with E-state index in [-0.39, 0.29) is 42.0 Å². The normalized spacial score (nSPS) is 11.9. The summed E-state index contributed by atoms with van der Waals surface area (Å²) in [4.78, 5) is 4.06. The summed E-state index contributed by atoms with van der Waals surface area (Å²) in [7, 11) is 1.40. The molecule has 0 spiro atoms. The van der Waals surface area contributed by atoms with Crippen LogP contribution >= 0.6 is 24.0 Å². The highest BCUT2D eigenvalue weighted by Crippen LogP contribution is 2.25. The Morgan fingerprint density at radius 1 is 1.31 bits per heavy atom. The van der Waals surface area contributed by atoms with Gasteiger partial charge in [0.15, 0.2) is 5.96 Å². The standard InChI is InChI=1S/C17H28F2N4O4S.HI/c1-5-28(24,25)23(3)10-6-9-21-17(20-2)22-12-13-11-14(26-4)7-8-15(13)27-16(18)19;/h7-8,11,16H,5-6,9-10,12H2,1-4H3,(H2,20,21,22);1H. The minimum absolute atomic E-state index is 0. The molecule has 0 bridgehead atoms.